The number of carbonyl (C=O) groups is 1. The van der Waals surface area contributed by atoms with Crippen LogP contribution in [0.1, 0.15) is 31.4 Å². The lowest BCUT2D eigenvalue weighted by atomic mass is 10.1. The van der Waals surface area contributed by atoms with Crippen molar-refractivity contribution in [3.63, 3.8) is 0 Å². The summed E-state index contributed by atoms with van der Waals surface area (Å²) in [5, 5.41) is 9.14. The summed E-state index contributed by atoms with van der Waals surface area (Å²) in [5.74, 6) is 5.39. The Labute approximate surface area is 172 Å². The molecule has 2 rings (SSSR count). The van der Waals surface area contributed by atoms with Gasteiger partial charge in [0.05, 0.1) is 6.61 Å². The largest absolute Gasteiger partial charge is 0.573 e. The third-order valence-corrected chi connectivity index (χ3v) is 3.84. The van der Waals surface area contributed by atoms with Gasteiger partial charge in [0.2, 0.25) is 0 Å². The maximum atomic E-state index is 12.1. The molecule has 0 saturated heterocycles. The standard InChI is InChI=1S/C22H21F3O5/c1-15-14-18(11-12-19(15)30-21(2,3)20(26)27)28-13-5-4-6-16-7-9-17(10-8-16)29-22(23,24)25/h7-12,14H,5,13H2,1-3H3,(H,26,27). The number of alkyl halides is 3. The molecule has 1 N–H and O–H groups in total. The van der Waals surface area contributed by atoms with Crippen molar-refractivity contribution in [3.05, 3.63) is 53.6 Å². The van der Waals surface area contributed by atoms with Crippen LogP contribution in [0.3, 0.4) is 0 Å². The van der Waals surface area contributed by atoms with Crippen molar-refractivity contribution in [1.82, 2.24) is 0 Å². The molecule has 0 spiro atoms. The van der Waals surface area contributed by atoms with E-state index >= 15 is 0 Å². The fourth-order valence-electron chi connectivity index (χ4n) is 2.27. The van der Waals surface area contributed by atoms with Gasteiger partial charge in [-0.25, -0.2) is 4.79 Å². The van der Waals surface area contributed by atoms with Crippen molar-refractivity contribution in [3.8, 4) is 29.1 Å². The first-order valence-corrected chi connectivity index (χ1v) is 8.97. The molecule has 0 fully saturated rings. The molecule has 160 valence electrons. The highest BCUT2D eigenvalue weighted by molar-refractivity contribution is 5.76. The molecule has 0 bridgehead atoms. The van der Waals surface area contributed by atoms with E-state index in [4.69, 9.17) is 14.6 Å². The van der Waals surface area contributed by atoms with Crippen molar-refractivity contribution >= 4 is 5.97 Å². The van der Waals surface area contributed by atoms with E-state index in [2.05, 4.69) is 16.6 Å². The summed E-state index contributed by atoms with van der Waals surface area (Å²) >= 11 is 0. The van der Waals surface area contributed by atoms with E-state index in [1.54, 1.807) is 25.1 Å². The number of halogens is 3. The van der Waals surface area contributed by atoms with Crippen LogP contribution in [0.25, 0.3) is 0 Å². The van der Waals surface area contributed by atoms with Gasteiger partial charge in [0.15, 0.2) is 5.60 Å². The second-order valence-corrected chi connectivity index (χ2v) is 6.82. The normalized spacial score (nSPS) is 11.3. The minimum absolute atomic E-state index is 0.300. The van der Waals surface area contributed by atoms with Crippen LogP contribution in [0.5, 0.6) is 17.2 Å². The molecule has 0 aliphatic heterocycles. The SMILES string of the molecule is Cc1cc(OCCC#Cc2ccc(OC(F)(F)F)cc2)ccc1OC(C)(C)C(=O)O. The molecule has 0 radical (unpaired) electrons. The topological polar surface area (TPSA) is 65.0 Å². The number of ether oxygens (including phenoxy) is 3. The molecular weight excluding hydrogens is 401 g/mol. The molecule has 0 unspecified atom stereocenters. The Bertz CT molecular complexity index is 938. The highest BCUT2D eigenvalue weighted by Gasteiger charge is 2.31. The van der Waals surface area contributed by atoms with Crippen LogP contribution in [-0.4, -0.2) is 29.6 Å². The van der Waals surface area contributed by atoms with E-state index in [9.17, 15) is 18.0 Å². The molecule has 0 aliphatic carbocycles. The fourth-order valence-corrected chi connectivity index (χ4v) is 2.27. The Balaban J connectivity index is 1.85. The van der Waals surface area contributed by atoms with Gasteiger partial charge < -0.3 is 19.3 Å². The average Bonchev–Trinajstić information content (AvgIpc) is 2.63. The Morgan fingerprint density at radius 3 is 2.23 bits per heavy atom. The lowest BCUT2D eigenvalue weighted by Crippen LogP contribution is -2.38. The van der Waals surface area contributed by atoms with E-state index in [0.29, 0.717) is 30.1 Å². The Morgan fingerprint density at radius 2 is 1.67 bits per heavy atom. The van der Waals surface area contributed by atoms with Crippen molar-refractivity contribution in [2.45, 2.75) is 39.2 Å². The fraction of sp³-hybridized carbons (Fsp3) is 0.318. The molecule has 30 heavy (non-hydrogen) atoms. The molecule has 2 aromatic rings. The number of benzene rings is 2. The van der Waals surface area contributed by atoms with Crippen LogP contribution in [0.2, 0.25) is 0 Å². The van der Waals surface area contributed by atoms with E-state index in [-0.39, 0.29) is 5.75 Å². The van der Waals surface area contributed by atoms with Gasteiger partial charge in [0.25, 0.3) is 0 Å². The second kappa shape index (κ2) is 9.44. The van der Waals surface area contributed by atoms with Crippen LogP contribution in [0.15, 0.2) is 42.5 Å². The molecule has 0 amide bonds. The number of hydrogen-bond donors (Lipinski definition) is 1. The van der Waals surface area contributed by atoms with Gasteiger partial charge in [-0.3, -0.25) is 0 Å². The number of carboxylic acid groups (broad SMARTS) is 1. The summed E-state index contributed by atoms with van der Waals surface area (Å²) in [4.78, 5) is 11.2. The summed E-state index contributed by atoms with van der Waals surface area (Å²) in [6.07, 6.45) is -4.32. The minimum atomic E-state index is -4.72. The monoisotopic (exact) mass is 422 g/mol. The molecular formula is C22H21F3O5. The van der Waals surface area contributed by atoms with Crippen molar-refractivity contribution in [2.75, 3.05) is 6.61 Å². The molecule has 0 atom stereocenters. The lowest BCUT2D eigenvalue weighted by Gasteiger charge is -2.23. The van der Waals surface area contributed by atoms with Gasteiger partial charge in [-0.15, -0.1) is 13.2 Å². The molecule has 2 aromatic carbocycles. The number of rotatable bonds is 7. The second-order valence-electron chi connectivity index (χ2n) is 6.82. The van der Waals surface area contributed by atoms with Crippen molar-refractivity contribution in [1.29, 1.82) is 0 Å². The summed E-state index contributed by atoms with van der Waals surface area (Å²) < 4.78 is 51.3. The zero-order valence-corrected chi connectivity index (χ0v) is 16.7. The van der Waals surface area contributed by atoms with Gasteiger partial charge in [-0.05, 0) is 68.8 Å². The van der Waals surface area contributed by atoms with Crippen LogP contribution in [0.4, 0.5) is 13.2 Å². The first-order chi connectivity index (χ1) is 14.0. The van der Waals surface area contributed by atoms with Gasteiger partial charge in [-0.2, -0.15) is 0 Å². The van der Waals surface area contributed by atoms with Gasteiger partial charge in [0.1, 0.15) is 17.2 Å². The molecule has 0 aliphatic rings. The van der Waals surface area contributed by atoms with Gasteiger partial charge in [-0.1, -0.05) is 11.8 Å². The first-order valence-electron chi connectivity index (χ1n) is 8.97. The van der Waals surface area contributed by atoms with Crippen molar-refractivity contribution < 1.29 is 37.3 Å². The van der Waals surface area contributed by atoms with E-state index in [0.717, 1.165) is 5.56 Å². The number of hydrogen-bond acceptors (Lipinski definition) is 4. The predicted molar refractivity (Wildman–Crippen MR) is 104 cm³/mol. The van der Waals surface area contributed by atoms with Gasteiger partial charge >= 0.3 is 12.3 Å². The third-order valence-electron chi connectivity index (χ3n) is 3.84. The summed E-state index contributed by atoms with van der Waals surface area (Å²) in [6.45, 7) is 5.03. The molecule has 0 saturated carbocycles. The number of aryl methyl sites for hydroxylation is 1. The maximum absolute atomic E-state index is 12.1. The summed E-state index contributed by atoms with van der Waals surface area (Å²) in [6, 6.07) is 10.3. The number of aliphatic carboxylic acids is 1. The summed E-state index contributed by atoms with van der Waals surface area (Å²) in [7, 11) is 0. The highest BCUT2D eigenvalue weighted by Crippen LogP contribution is 2.27. The van der Waals surface area contributed by atoms with Crippen LogP contribution >= 0.6 is 0 Å². The molecule has 0 heterocycles. The van der Waals surface area contributed by atoms with E-state index < -0.39 is 17.9 Å². The quantitative estimate of drug-likeness (QED) is 0.505. The predicted octanol–water partition coefficient (Wildman–Crippen LogP) is 4.96. The van der Waals surface area contributed by atoms with E-state index in [1.807, 2.05) is 0 Å². The minimum Gasteiger partial charge on any atom is -0.493 e. The lowest BCUT2D eigenvalue weighted by molar-refractivity contribution is -0.274. The van der Waals surface area contributed by atoms with Crippen LogP contribution in [-0.2, 0) is 4.79 Å². The average molecular weight is 422 g/mol. The van der Waals surface area contributed by atoms with Gasteiger partial charge in [0, 0.05) is 12.0 Å². The zero-order chi connectivity index (χ0) is 22.4. The zero-order valence-electron chi connectivity index (χ0n) is 16.7. The smallest absolute Gasteiger partial charge is 0.493 e. The number of carboxylic acids is 1. The maximum Gasteiger partial charge on any atom is 0.573 e. The Morgan fingerprint density at radius 1 is 1.03 bits per heavy atom. The Kier molecular flexibility index (Phi) is 7.22. The molecule has 8 heteroatoms. The van der Waals surface area contributed by atoms with Crippen LogP contribution in [0, 0.1) is 18.8 Å². The van der Waals surface area contributed by atoms with Crippen LogP contribution < -0.4 is 14.2 Å². The molecule has 0 aromatic heterocycles. The summed E-state index contributed by atoms with van der Waals surface area (Å²) in [5.41, 5.74) is -0.0585. The third kappa shape index (κ3) is 7.24. The molecule has 5 nitrogen and oxygen atoms in total. The van der Waals surface area contributed by atoms with E-state index in [1.165, 1.54) is 38.1 Å². The highest BCUT2D eigenvalue weighted by atomic mass is 19.4. The Hall–Kier alpha value is -3.34. The van der Waals surface area contributed by atoms with Crippen molar-refractivity contribution in [2.24, 2.45) is 0 Å². The first kappa shape index (κ1) is 22.9.